The number of hydrogen-bond donors (Lipinski definition) is 1. The van der Waals surface area contributed by atoms with E-state index >= 15 is 0 Å². The predicted octanol–water partition coefficient (Wildman–Crippen LogP) is 4.96. The summed E-state index contributed by atoms with van der Waals surface area (Å²) in [4.78, 5) is 22.9. The van der Waals surface area contributed by atoms with Crippen molar-refractivity contribution >= 4 is 29.0 Å². The number of thioether (sulfide) groups is 1. The molecule has 0 spiro atoms. The molecular weight excluding hydrogens is 369 g/mol. The molecule has 1 N–H and O–H groups in total. The number of benzene rings is 2. The summed E-state index contributed by atoms with van der Waals surface area (Å²) in [7, 11) is 0. The molecule has 26 heavy (non-hydrogen) atoms. The average molecular weight is 384 g/mol. The van der Waals surface area contributed by atoms with Crippen molar-refractivity contribution in [3.63, 3.8) is 0 Å². The van der Waals surface area contributed by atoms with E-state index in [0.717, 1.165) is 29.5 Å². The first-order valence-electron chi connectivity index (χ1n) is 7.43. The van der Waals surface area contributed by atoms with Crippen LogP contribution in [0, 0.1) is 24.0 Å². The van der Waals surface area contributed by atoms with E-state index in [4.69, 9.17) is 0 Å². The van der Waals surface area contributed by atoms with Crippen molar-refractivity contribution in [3.8, 4) is 0 Å². The summed E-state index contributed by atoms with van der Waals surface area (Å²) in [5.41, 5.74) is 0.524. The number of nitro groups is 1. The van der Waals surface area contributed by atoms with Crippen molar-refractivity contribution in [1.29, 1.82) is 0 Å². The van der Waals surface area contributed by atoms with Gasteiger partial charge in [-0.3, -0.25) is 14.9 Å². The van der Waals surface area contributed by atoms with Gasteiger partial charge in [0.15, 0.2) is 0 Å². The van der Waals surface area contributed by atoms with Crippen LogP contribution >= 0.6 is 11.8 Å². The molecule has 0 heterocycles. The van der Waals surface area contributed by atoms with Crippen LogP contribution < -0.4 is 5.32 Å². The average Bonchev–Trinajstić information content (AvgIpc) is 2.55. The lowest BCUT2D eigenvalue weighted by Gasteiger charge is -2.10. The fourth-order valence-corrected chi connectivity index (χ4v) is 2.90. The third kappa shape index (κ3) is 4.98. The molecule has 0 atom stereocenters. The fourth-order valence-electron chi connectivity index (χ4n) is 2.15. The Kier molecular flexibility index (Phi) is 5.91. The lowest BCUT2D eigenvalue weighted by molar-refractivity contribution is -0.384. The molecule has 0 aliphatic heterocycles. The normalized spacial score (nSPS) is 11.3. The first-order chi connectivity index (χ1) is 12.1. The third-order valence-electron chi connectivity index (χ3n) is 3.61. The van der Waals surface area contributed by atoms with E-state index in [1.165, 1.54) is 24.3 Å². The van der Waals surface area contributed by atoms with E-state index in [-0.39, 0.29) is 22.0 Å². The second-order valence-electron chi connectivity index (χ2n) is 5.57. The molecule has 0 bridgehead atoms. The monoisotopic (exact) mass is 384 g/mol. The van der Waals surface area contributed by atoms with Gasteiger partial charge in [-0.25, -0.2) is 0 Å². The molecule has 0 aliphatic rings. The highest BCUT2D eigenvalue weighted by Crippen LogP contribution is 2.32. The van der Waals surface area contributed by atoms with Gasteiger partial charge in [0, 0.05) is 11.0 Å². The minimum Gasteiger partial charge on any atom is -0.320 e. The maximum atomic E-state index is 12.7. The zero-order valence-corrected chi connectivity index (χ0v) is 14.7. The van der Waals surface area contributed by atoms with E-state index in [9.17, 15) is 28.1 Å². The largest absolute Gasteiger partial charge is 0.416 e. The van der Waals surface area contributed by atoms with E-state index in [2.05, 4.69) is 5.32 Å². The number of amides is 1. The molecule has 0 saturated carbocycles. The van der Waals surface area contributed by atoms with Crippen molar-refractivity contribution in [1.82, 2.24) is 0 Å². The highest BCUT2D eigenvalue weighted by molar-refractivity contribution is 8.00. The first-order valence-corrected chi connectivity index (χ1v) is 8.42. The SMILES string of the molecule is Cc1cc(NC(=O)CSc2cccc(C(F)(F)F)c2)c([N+](=O)[O-])cc1C. The van der Waals surface area contributed by atoms with Crippen LogP contribution in [0.25, 0.3) is 0 Å². The van der Waals surface area contributed by atoms with Crippen molar-refractivity contribution in [2.24, 2.45) is 0 Å². The molecule has 2 aromatic carbocycles. The van der Waals surface area contributed by atoms with Crippen LogP contribution in [0.2, 0.25) is 0 Å². The summed E-state index contributed by atoms with van der Waals surface area (Å²) in [6, 6.07) is 7.49. The van der Waals surface area contributed by atoms with Gasteiger partial charge in [-0.2, -0.15) is 13.2 Å². The van der Waals surface area contributed by atoms with Crippen molar-refractivity contribution in [3.05, 3.63) is 63.2 Å². The lowest BCUT2D eigenvalue weighted by atomic mass is 10.1. The first kappa shape index (κ1) is 19.8. The molecule has 1 amide bonds. The number of rotatable bonds is 5. The highest BCUT2D eigenvalue weighted by atomic mass is 32.2. The van der Waals surface area contributed by atoms with E-state index in [1.54, 1.807) is 13.8 Å². The van der Waals surface area contributed by atoms with E-state index in [0.29, 0.717) is 5.56 Å². The topological polar surface area (TPSA) is 72.2 Å². The minimum atomic E-state index is -4.46. The van der Waals surface area contributed by atoms with Gasteiger partial charge in [-0.1, -0.05) is 6.07 Å². The second kappa shape index (κ2) is 7.77. The predicted molar refractivity (Wildman–Crippen MR) is 93.4 cm³/mol. The minimum absolute atomic E-state index is 0.0627. The molecule has 0 aromatic heterocycles. The number of halogens is 3. The van der Waals surface area contributed by atoms with Crippen LogP contribution in [0.15, 0.2) is 41.3 Å². The summed E-state index contributed by atoms with van der Waals surface area (Å²) in [5.74, 6) is -0.718. The number of hydrogen-bond acceptors (Lipinski definition) is 4. The van der Waals surface area contributed by atoms with Crippen LogP contribution in [0.1, 0.15) is 16.7 Å². The Balaban J connectivity index is 2.09. The zero-order chi connectivity index (χ0) is 19.5. The van der Waals surface area contributed by atoms with Crippen LogP contribution in [-0.2, 0) is 11.0 Å². The Labute approximate surface area is 151 Å². The number of carbonyl (C=O) groups excluding carboxylic acids is 1. The lowest BCUT2D eigenvalue weighted by Crippen LogP contribution is -2.15. The number of aryl methyl sites for hydroxylation is 2. The van der Waals surface area contributed by atoms with Crippen molar-refractivity contribution < 1.29 is 22.9 Å². The number of nitrogens with zero attached hydrogens (tertiary/aromatic N) is 1. The molecule has 0 aliphatic carbocycles. The van der Waals surface area contributed by atoms with Gasteiger partial charge >= 0.3 is 6.18 Å². The maximum Gasteiger partial charge on any atom is 0.416 e. The summed E-state index contributed by atoms with van der Waals surface area (Å²) in [5, 5.41) is 13.6. The van der Waals surface area contributed by atoms with Crippen LogP contribution in [0.4, 0.5) is 24.5 Å². The van der Waals surface area contributed by atoms with Gasteiger partial charge in [0.1, 0.15) is 5.69 Å². The Hall–Kier alpha value is -2.55. The van der Waals surface area contributed by atoms with Gasteiger partial charge in [0.05, 0.1) is 16.2 Å². The van der Waals surface area contributed by atoms with Crippen molar-refractivity contribution in [2.75, 3.05) is 11.1 Å². The standard InChI is InChI=1S/C17H15F3N2O3S/c1-10-6-14(15(22(24)25)7-11(10)2)21-16(23)9-26-13-5-3-4-12(8-13)17(18,19)20/h3-8H,9H2,1-2H3,(H,21,23). The second-order valence-corrected chi connectivity index (χ2v) is 6.62. The molecule has 5 nitrogen and oxygen atoms in total. The molecule has 0 unspecified atom stereocenters. The Bertz CT molecular complexity index is 854. The summed E-state index contributed by atoms with van der Waals surface area (Å²) < 4.78 is 38.1. The maximum absolute atomic E-state index is 12.7. The Morgan fingerprint density at radius 3 is 2.46 bits per heavy atom. The highest BCUT2D eigenvalue weighted by Gasteiger charge is 2.30. The van der Waals surface area contributed by atoms with Crippen LogP contribution in [-0.4, -0.2) is 16.6 Å². The van der Waals surface area contributed by atoms with Gasteiger partial charge in [0.2, 0.25) is 5.91 Å². The fraction of sp³-hybridized carbons (Fsp3) is 0.235. The molecule has 2 aromatic rings. The smallest absolute Gasteiger partial charge is 0.320 e. The summed E-state index contributed by atoms with van der Waals surface area (Å²) in [6.07, 6.45) is -4.46. The number of nitrogens with one attached hydrogen (secondary N) is 1. The number of anilines is 1. The Morgan fingerprint density at radius 2 is 1.85 bits per heavy atom. The molecular formula is C17H15F3N2O3S. The summed E-state index contributed by atoms with van der Waals surface area (Å²) in [6.45, 7) is 3.48. The van der Waals surface area contributed by atoms with E-state index in [1.807, 2.05) is 0 Å². The number of alkyl halides is 3. The Morgan fingerprint density at radius 1 is 1.19 bits per heavy atom. The number of nitro benzene ring substituents is 1. The zero-order valence-electron chi connectivity index (χ0n) is 13.9. The molecule has 2 rings (SSSR count). The van der Waals surface area contributed by atoms with Gasteiger partial charge < -0.3 is 5.32 Å². The molecule has 138 valence electrons. The summed E-state index contributed by atoms with van der Waals surface area (Å²) >= 11 is 0.918. The van der Waals surface area contributed by atoms with Crippen LogP contribution in [0.5, 0.6) is 0 Å². The molecule has 0 radical (unpaired) electrons. The quantitative estimate of drug-likeness (QED) is 0.449. The van der Waals surface area contributed by atoms with Crippen molar-refractivity contribution in [2.45, 2.75) is 24.9 Å². The number of carbonyl (C=O) groups is 1. The third-order valence-corrected chi connectivity index (χ3v) is 4.61. The van der Waals surface area contributed by atoms with E-state index < -0.39 is 22.6 Å². The molecule has 0 fully saturated rings. The molecule has 9 heteroatoms. The van der Waals surface area contributed by atoms with Gasteiger partial charge in [-0.15, -0.1) is 11.8 Å². The molecule has 0 saturated heterocycles. The van der Waals surface area contributed by atoms with Crippen LogP contribution in [0.3, 0.4) is 0 Å². The van der Waals surface area contributed by atoms with Gasteiger partial charge in [-0.05, 0) is 49.2 Å². The van der Waals surface area contributed by atoms with Gasteiger partial charge in [0.25, 0.3) is 5.69 Å².